The highest BCUT2D eigenvalue weighted by molar-refractivity contribution is 7.98. The number of methoxy groups -OCH3 is 1. The van der Waals surface area contributed by atoms with Gasteiger partial charge in [-0.15, -0.1) is 0 Å². The summed E-state index contributed by atoms with van der Waals surface area (Å²) in [6.45, 7) is 0. The minimum atomic E-state index is -1.16. The van der Waals surface area contributed by atoms with Crippen LogP contribution >= 0.6 is 11.8 Å². The molecule has 1 heterocycles. The molecule has 0 saturated heterocycles. The number of carboxylic acid groups (broad SMARTS) is 1. The van der Waals surface area contributed by atoms with Crippen molar-refractivity contribution in [2.75, 3.05) is 7.11 Å². The molecule has 3 aromatic rings. The molecule has 5 nitrogen and oxygen atoms in total. The smallest absolute Gasteiger partial charge is 0.166 e. The number of nitrogens with one attached hydrogen (secondary N) is 1. The van der Waals surface area contributed by atoms with Gasteiger partial charge in [0.1, 0.15) is 5.75 Å². The van der Waals surface area contributed by atoms with Crippen LogP contribution in [0.5, 0.6) is 5.75 Å². The van der Waals surface area contributed by atoms with Crippen molar-refractivity contribution in [3.8, 4) is 5.75 Å². The van der Waals surface area contributed by atoms with Gasteiger partial charge in [0.25, 0.3) is 0 Å². The van der Waals surface area contributed by atoms with Crippen LogP contribution in [-0.4, -0.2) is 23.0 Å². The minimum absolute atomic E-state index is 0.185. The van der Waals surface area contributed by atoms with Gasteiger partial charge in [-0.25, -0.2) is 4.98 Å². The quantitative estimate of drug-likeness (QED) is 0.731. The fourth-order valence-corrected chi connectivity index (χ4v) is 2.89. The summed E-state index contributed by atoms with van der Waals surface area (Å²) in [4.78, 5) is 18.4. The van der Waals surface area contributed by atoms with Crippen molar-refractivity contribution in [2.45, 2.75) is 10.9 Å². The summed E-state index contributed by atoms with van der Waals surface area (Å²) in [5.41, 5.74) is 3.02. The van der Waals surface area contributed by atoms with E-state index in [9.17, 15) is 9.90 Å². The van der Waals surface area contributed by atoms with Crippen LogP contribution in [0, 0.1) is 0 Å². The van der Waals surface area contributed by atoms with E-state index in [0.717, 1.165) is 27.5 Å². The zero-order valence-electron chi connectivity index (χ0n) is 11.8. The normalized spacial score (nSPS) is 10.8. The number of imidazole rings is 1. The Bertz CT molecular complexity index is 812. The highest BCUT2D eigenvalue weighted by atomic mass is 32.2. The molecule has 0 aliphatic heterocycles. The monoisotopic (exact) mass is 313 g/mol. The Hall–Kier alpha value is -2.47. The number of carboxylic acids is 1. The predicted molar refractivity (Wildman–Crippen MR) is 83.0 cm³/mol. The third-order valence-electron chi connectivity index (χ3n) is 3.23. The van der Waals surface area contributed by atoms with Gasteiger partial charge >= 0.3 is 0 Å². The molecular formula is C16H13N2O3S-. The zero-order chi connectivity index (χ0) is 15.5. The number of nitrogens with zero attached hydrogens (tertiary/aromatic N) is 1. The lowest BCUT2D eigenvalue weighted by Gasteiger charge is -2.03. The summed E-state index contributed by atoms with van der Waals surface area (Å²) in [5.74, 6) is 0.320. The summed E-state index contributed by atoms with van der Waals surface area (Å²) >= 11 is 1.56. The average Bonchev–Trinajstić information content (AvgIpc) is 2.95. The molecule has 0 spiro atoms. The highest BCUT2D eigenvalue weighted by Gasteiger charge is 2.05. The molecule has 0 aliphatic carbocycles. The number of hydrogen-bond donors (Lipinski definition) is 1. The number of rotatable bonds is 5. The topological polar surface area (TPSA) is 78.0 Å². The van der Waals surface area contributed by atoms with Gasteiger partial charge in [0.2, 0.25) is 0 Å². The van der Waals surface area contributed by atoms with Crippen molar-refractivity contribution in [3.05, 3.63) is 53.6 Å². The number of aromatic carboxylic acids is 1. The van der Waals surface area contributed by atoms with E-state index in [1.807, 2.05) is 18.2 Å². The van der Waals surface area contributed by atoms with Gasteiger partial charge in [-0.2, -0.15) is 0 Å². The second kappa shape index (κ2) is 6.11. The number of ether oxygens (including phenoxy) is 1. The Balaban J connectivity index is 1.71. The maximum atomic E-state index is 10.7. The van der Waals surface area contributed by atoms with Crippen LogP contribution in [0.3, 0.4) is 0 Å². The molecule has 1 N–H and O–H groups in total. The first-order chi connectivity index (χ1) is 10.7. The van der Waals surface area contributed by atoms with E-state index >= 15 is 0 Å². The maximum absolute atomic E-state index is 10.7. The van der Waals surface area contributed by atoms with Crippen molar-refractivity contribution < 1.29 is 14.6 Å². The largest absolute Gasteiger partial charge is 0.545 e. The van der Waals surface area contributed by atoms with E-state index in [2.05, 4.69) is 9.97 Å². The van der Waals surface area contributed by atoms with Crippen LogP contribution in [0.15, 0.2) is 47.6 Å². The zero-order valence-corrected chi connectivity index (χ0v) is 12.6. The average molecular weight is 313 g/mol. The molecule has 0 aliphatic rings. The third kappa shape index (κ3) is 3.07. The lowest BCUT2D eigenvalue weighted by atomic mass is 10.1. The second-order valence-corrected chi connectivity index (χ2v) is 5.66. The fraction of sp³-hybridized carbons (Fsp3) is 0.125. The number of fused-ring (bicyclic) bond motifs is 1. The maximum Gasteiger partial charge on any atom is 0.166 e. The number of hydrogen-bond acceptors (Lipinski definition) is 5. The second-order valence-electron chi connectivity index (χ2n) is 4.70. The molecule has 2 aromatic carbocycles. The first-order valence-electron chi connectivity index (χ1n) is 6.62. The van der Waals surface area contributed by atoms with Gasteiger partial charge in [0.15, 0.2) is 5.16 Å². The Morgan fingerprint density at radius 3 is 2.73 bits per heavy atom. The summed E-state index contributed by atoms with van der Waals surface area (Å²) in [6, 6.07) is 12.3. The molecule has 0 atom stereocenters. The molecule has 0 amide bonds. The first-order valence-corrected chi connectivity index (χ1v) is 7.61. The van der Waals surface area contributed by atoms with Gasteiger partial charge in [-0.3, -0.25) is 0 Å². The summed E-state index contributed by atoms with van der Waals surface area (Å²) in [5, 5.41) is 11.5. The van der Waals surface area contributed by atoms with E-state index in [1.165, 1.54) is 0 Å². The minimum Gasteiger partial charge on any atom is -0.545 e. The number of carbonyl (C=O) groups is 1. The molecule has 0 radical (unpaired) electrons. The summed E-state index contributed by atoms with van der Waals surface area (Å²) in [6.07, 6.45) is 0. The van der Waals surface area contributed by atoms with Gasteiger partial charge in [0.05, 0.1) is 24.1 Å². The Morgan fingerprint density at radius 2 is 2.05 bits per heavy atom. The Labute approximate surface area is 131 Å². The molecule has 112 valence electrons. The predicted octanol–water partition coefficient (Wildman–Crippen LogP) is 2.23. The number of aromatic amines is 1. The van der Waals surface area contributed by atoms with E-state index in [0.29, 0.717) is 5.75 Å². The van der Waals surface area contributed by atoms with E-state index in [4.69, 9.17) is 4.74 Å². The number of benzene rings is 2. The van der Waals surface area contributed by atoms with Gasteiger partial charge < -0.3 is 19.6 Å². The lowest BCUT2D eigenvalue weighted by Crippen LogP contribution is -2.21. The van der Waals surface area contributed by atoms with Crippen molar-refractivity contribution in [1.29, 1.82) is 0 Å². The number of aromatic nitrogens is 2. The van der Waals surface area contributed by atoms with Crippen molar-refractivity contribution in [3.63, 3.8) is 0 Å². The fourth-order valence-electron chi connectivity index (χ4n) is 2.05. The standard InChI is InChI=1S/C16H14N2O3S/c1-21-12-6-7-13-14(8-12)18-16(17-13)22-9-10-2-4-11(5-3-10)15(19)20/h2-8H,9H2,1H3,(H,17,18)(H,19,20)/p-1. The van der Waals surface area contributed by atoms with Crippen LogP contribution in [-0.2, 0) is 5.75 Å². The molecular weight excluding hydrogens is 300 g/mol. The first kappa shape index (κ1) is 14.5. The molecule has 0 saturated carbocycles. The summed E-state index contributed by atoms with van der Waals surface area (Å²) < 4.78 is 5.18. The Kier molecular flexibility index (Phi) is 4.02. The summed E-state index contributed by atoms with van der Waals surface area (Å²) in [7, 11) is 1.63. The van der Waals surface area contributed by atoms with Crippen LogP contribution in [0.2, 0.25) is 0 Å². The Morgan fingerprint density at radius 1 is 1.27 bits per heavy atom. The van der Waals surface area contributed by atoms with E-state index < -0.39 is 5.97 Å². The van der Waals surface area contributed by atoms with E-state index in [1.54, 1.807) is 43.1 Å². The molecule has 0 bridgehead atoms. The molecule has 1 aromatic heterocycles. The van der Waals surface area contributed by atoms with Crippen LogP contribution in [0.25, 0.3) is 11.0 Å². The molecule has 3 rings (SSSR count). The van der Waals surface area contributed by atoms with Gasteiger partial charge in [0, 0.05) is 11.8 Å². The lowest BCUT2D eigenvalue weighted by molar-refractivity contribution is -0.255. The SMILES string of the molecule is COc1ccc2nc(SCc3ccc(C(=O)[O-])cc3)[nH]c2c1. The van der Waals surface area contributed by atoms with Gasteiger partial charge in [-0.05, 0) is 23.3 Å². The highest BCUT2D eigenvalue weighted by Crippen LogP contribution is 2.25. The molecule has 6 heteroatoms. The van der Waals surface area contributed by atoms with E-state index in [-0.39, 0.29) is 5.56 Å². The van der Waals surface area contributed by atoms with Gasteiger partial charge in [-0.1, -0.05) is 36.0 Å². The molecule has 0 unspecified atom stereocenters. The van der Waals surface area contributed by atoms with Crippen LogP contribution in [0.1, 0.15) is 15.9 Å². The molecule has 0 fully saturated rings. The van der Waals surface area contributed by atoms with Crippen LogP contribution < -0.4 is 9.84 Å². The van der Waals surface area contributed by atoms with Crippen molar-refractivity contribution >= 4 is 28.8 Å². The number of carbonyl (C=O) groups excluding carboxylic acids is 1. The van der Waals surface area contributed by atoms with Crippen molar-refractivity contribution in [2.24, 2.45) is 0 Å². The number of thioether (sulfide) groups is 1. The third-order valence-corrected chi connectivity index (χ3v) is 4.18. The molecule has 22 heavy (non-hydrogen) atoms. The van der Waals surface area contributed by atoms with Crippen LogP contribution in [0.4, 0.5) is 0 Å². The number of H-pyrrole nitrogens is 1. The van der Waals surface area contributed by atoms with Crippen molar-refractivity contribution in [1.82, 2.24) is 9.97 Å².